The fraction of sp³-hybridized carbons (Fsp3) is 0.179. The summed E-state index contributed by atoms with van der Waals surface area (Å²) < 4.78 is 0. The Morgan fingerprint density at radius 2 is 1.75 bits per heavy atom. The van der Waals surface area contributed by atoms with Crippen LogP contribution in [0.25, 0.3) is 10.8 Å². The summed E-state index contributed by atoms with van der Waals surface area (Å²) in [7, 11) is 0. The summed E-state index contributed by atoms with van der Waals surface area (Å²) in [6.07, 6.45) is 5.77. The molecule has 6 rings (SSSR count). The number of carbonyl (C=O) groups excluding carboxylic acids is 1. The molecular weight excluding hydrogens is 412 g/mol. The third-order valence-electron chi connectivity index (χ3n) is 6.43. The summed E-state index contributed by atoms with van der Waals surface area (Å²) in [5.41, 5.74) is 5.83. The molecule has 1 amide bonds. The van der Waals surface area contributed by atoms with Crippen LogP contribution in [0.15, 0.2) is 106 Å². The highest BCUT2D eigenvalue weighted by Gasteiger charge is 2.38. The largest absolute Gasteiger partial charge is 0.327 e. The minimum absolute atomic E-state index is 0.0419. The second-order valence-corrected chi connectivity index (χ2v) is 9.45. The van der Waals surface area contributed by atoms with E-state index in [0.29, 0.717) is 5.92 Å². The van der Waals surface area contributed by atoms with Crippen LogP contribution in [0.5, 0.6) is 0 Å². The Bertz CT molecular complexity index is 1300. The van der Waals surface area contributed by atoms with E-state index < -0.39 is 0 Å². The highest BCUT2D eigenvalue weighted by atomic mass is 32.2. The number of carbonyl (C=O) groups is 1. The summed E-state index contributed by atoms with van der Waals surface area (Å²) in [5.74, 6) is 0.575. The first-order chi connectivity index (χ1) is 15.8. The molecular formula is C28H24N2OS. The van der Waals surface area contributed by atoms with Gasteiger partial charge in [-0.2, -0.15) is 0 Å². The van der Waals surface area contributed by atoms with E-state index in [1.807, 2.05) is 35.7 Å². The van der Waals surface area contributed by atoms with Gasteiger partial charge in [-0.1, -0.05) is 78.5 Å². The van der Waals surface area contributed by atoms with E-state index in [2.05, 4.69) is 58.8 Å². The number of rotatable bonds is 5. The van der Waals surface area contributed by atoms with Gasteiger partial charge in [-0.15, -0.1) is 0 Å². The van der Waals surface area contributed by atoms with Crippen LogP contribution in [0.2, 0.25) is 0 Å². The number of para-hydroxylation sites is 1. The minimum atomic E-state index is -0.0419. The molecule has 3 aromatic rings. The monoisotopic (exact) mass is 436 g/mol. The summed E-state index contributed by atoms with van der Waals surface area (Å²) in [6.45, 7) is 0.743. The van der Waals surface area contributed by atoms with Gasteiger partial charge in [-0.05, 0) is 64.8 Å². The molecule has 1 saturated carbocycles. The zero-order valence-electron chi connectivity index (χ0n) is 17.8. The zero-order valence-corrected chi connectivity index (χ0v) is 18.6. The third kappa shape index (κ3) is 3.55. The number of nitrogens with one attached hydrogen (secondary N) is 1. The van der Waals surface area contributed by atoms with Crippen LogP contribution in [0.1, 0.15) is 18.4 Å². The van der Waals surface area contributed by atoms with Crippen LogP contribution < -0.4 is 5.32 Å². The van der Waals surface area contributed by atoms with E-state index >= 15 is 0 Å². The van der Waals surface area contributed by atoms with Gasteiger partial charge in [-0.3, -0.25) is 4.79 Å². The Balaban J connectivity index is 1.28. The second-order valence-electron chi connectivity index (χ2n) is 8.59. The molecule has 3 aliphatic rings. The lowest BCUT2D eigenvalue weighted by Crippen LogP contribution is -2.30. The summed E-state index contributed by atoms with van der Waals surface area (Å²) in [6, 6.07) is 24.9. The second kappa shape index (κ2) is 8.03. The number of nitrogens with zero attached hydrogens (tertiary/aromatic N) is 1. The maximum Gasteiger partial charge on any atom is 0.272 e. The Hall–Kier alpha value is -3.24. The van der Waals surface area contributed by atoms with Gasteiger partial charge in [0.05, 0.1) is 5.03 Å². The van der Waals surface area contributed by atoms with E-state index in [-0.39, 0.29) is 5.91 Å². The Morgan fingerprint density at radius 1 is 0.969 bits per heavy atom. The van der Waals surface area contributed by atoms with Crippen LogP contribution in [0.3, 0.4) is 0 Å². The van der Waals surface area contributed by atoms with Crippen molar-refractivity contribution in [2.24, 2.45) is 5.92 Å². The molecule has 0 atom stereocenters. The van der Waals surface area contributed by atoms with Gasteiger partial charge < -0.3 is 10.2 Å². The number of benzene rings is 3. The van der Waals surface area contributed by atoms with Gasteiger partial charge >= 0.3 is 0 Å². The van der Waals surface area contributed by atoms with Crippen molar-refractivity contribution in [2.75, 3.05) is 11.9 Å². The fourth-order valence-corrected chi connectivity index (χ4v) is 5.89. The lowest BCUT2D eigenvalue weighted by atomic mass is 9.91. The zero-order chi connectivity index (χ0) is 21.5. The molecule has 1 fully saturated rings. The average molecular weight is 437 g/mol. The Morgan fingerprint density at radius 3 is 2.59 bits per heavy atom. The number of allylic oxidation sites excluding steroid dienone is 2. The molecule has 2 heterocycles. The van der Waals surface area contributed by atoms with Crippen LogP contribution in [0, 0.1) is 5.92 Å². The van der Waals surface area contributed by atoms with Gasteiger partial charge in [0.15, 0.2) is 0 Å². The van der Waals surface area contributed by atoms with Gasteiger partial charge in [-0.25, -0.2) is 0 Å². The van der Waals surface area contributed by atoms with Crippen molar-refractivity contribution in [3.05, 3.63) is 112 Å². The smallest absolute Gasteiger partial charge is 0.272 e. The van der Waals surface area contributed by atoms with Gasteiger partial charge in [0.25, 0.3) is 5.91 Å². The molecule has 3 nitrogen and oxygen atoms in total. The summed E-state index contributed by atoms with van der Waals surface area (Å²) in [4.78, 5) is 15.2. The maximum atomic E-state index is 13.0. The molecule has 3 aromatic carbocycles. The average Bonchev–Trinajstić information content (AvgIpc) is 3.57. The van der Waals surface area contributed by atoms with Crippen LogP contribution >= 0.6 is 11.8 Å². The van der Waals surface area contributed by atoms with E-state index in [9.17, 15) is 4.79 Å². The standard InChI is InChI=1S/C28H24N2OS/c31-27(29-23-10-2-1-3-11-23)25-18-32-28-26(20-13-14-20)22(15-16-30(25)28)17-21-9-6-8-19-7-4-5-12-24(19)21/h1-12,15,18,20H,13-14,16-17H2,(H,29,31). The predicted octanol–water partition coefficient (Wildman–Crippen LogP) is 6.47. The Labute approximate surface area is 192 Å². The molecule has 1 N–H and O–H groups in total. The molecule has 2 aliphatic heterocycles. The first-order valence-electron chi connectivity index (χ1n) is 11.2. The third-order valence-corrected chi connectivity index (χ3v) is 7.43. The highest BCUT2D eigenvalue weighted by Crippen LogP contribution is 2.50. The SMILES string of the molecule is O=C(Nc1ccccc1)C1=CSC2=C(C3CC3)C(Cc3cccc4ccccc34)=CCN12. The van der Waals surface area contributed by atoms with E-state index in [0.717, 1.165) is 24.4 Å². The van der Waals surface area contributed by atoms with Crippen molar-refractivity contribution in [3.63, 3.8) is 0 Å². The predicted molar refractivity (Wildman–Crippen MR) is 133 cm³/mol. The van der Waals surface area contributed by atoms with Gasteiger partial charge in [0.1, 0.15) is 5.70 Å². The van der Waals surface area contributed by atoms with E-state index in [1.54, 1.807) is 11.8 Å². The quantitative estimate of drug-likeness (QED) is 0.497. The molecule has 0 spiro atoms. The molecule has 1 aliphatic carbocycles. The van der Waals surface area contributed by atoms with Crippen LogP contribution in [0.4, 0.5) is 5.69 Å². The lowest BCUT2D eigenvalue weighted by Gasteiger charge is -2.30. The molecule has 158 valence electrons. The van der Waals surface area contributed by atoms with E-state index in [4.69, 9.17) is 0 Å². The van der Waals surface area contributed by atoms with Crippen molar-refractivity contribution in [1.29, 1.82) is 0 Å². The molecule has 0 bridgehead atoms. The lowest BCUT2D eigenvalue weighted by molar-refractivity contribution is -0.113. The fourth-order valence-electron chi connectivity index (χ4n) is 4.71. The van der Waals surface area contributed by atoms with Crippen LogP contribution in [-0.2, 0) is 11.2 Å². The maximum absolute atomic E-state index is 13.0. The van der Waals surface area contributed by atoms with Crippen molar-refractivity contribution >= 4 is 34.1 Å². The highest BCUT2D eigenvalue weighted by molar-refractivity contribution is 8.06. The molecule has 4 heteroatoms. The first kappa shape index (κ1) is 19.4. The topological polar surface area (TPSA) is 32.3 Å². The normalized spacial score (nSPS) is 17.8. The minimum Gasteiger partial charge on any atom is -0.327 e. The van der Waals surface area contributed by atoms with Gasteiger partial charge in [0.2, 0.25) is 0 Å². The summed E-state index contributed by atoms with van der Waals surface area (Å²) >= 11 is 1.71. The van der Waals surface area contributed by atoms with E-state index in [1.165, 1.54) is 45.4 Å². The summed E-state index contributed by atoms with van der Waals surface area (Å²) in [5, 5.41) is 8.94. The van der Waals surface area contributed by atoms with Crippen molar-refractivity contribution in [1.82, 2.24) is 4.90 Å². The number of anilines is 1. The number of thioether (sulfide) groups is 1. The number of hydrogen-bond acceptors (Lipinski definition) is 3. The molecule has 0 unspecified atom stereocenters. The van der Waals surface area contributed by atoms with Crippen molar-refractivity contribution in [2.45, 2.75) is 19.3 Å². The van der Waals surface area contributed by atoms with Gasteiger partial charge in [0, 0.05) is 17.6 Å². The first-order valence-corrected chi connectivity index (χ1v) is 12.1. The van der Waals surface area contributed by atoms with Crippen LogP contribution in [-0.4, -0.2) is 17.4 Å². The van der Waals surface area contributed by atoms with Crippen molar-refractivity contribution in [3.8, 4) is 0 Å². The number of amides is 1. The number of hydrogen-bond donors (Lipinski definition) is 1. The van der Waals surface area contributed by atoms with Crippen molar-refractivity contribution < 1.29 is 4.79 Å². The molecule has 32 heavy (non-hydrogen) atoms. The molecule has 0 aromatic heterocycles. The number of fused-ring (bicyclic) bond motifs is 2. The molecule has 0 saturated heterocycles. The molecule has 0 radical (unpaired) electrons. The Kier molecular flexibility index (Phi) is 4.88.